The molecular weight excluding hydrogens is 312 g/mol. The van der Waals surface area contributed by atoms with Crippen LogP contribution >= 0.6 is 11.8 Å². The maximum absolute atomic E-state index is 12.3. The number of hydrogen-bond acceptors (Lipinski definition) is 5. The quantitative estimate of drug-likeness (QED) is 0.817. The molecule has 1 heterocycles. The Kier molecular flexibility index (Phi) is 5.71. The maximum Gasteiger partial charge on any atom is 0.261 e. The summed E-state index contributed by atoms with van der Waals surface area (Å²) in [7, 11) is 0. The maximum atomic E-state index is 12.3. The van der Waals surface area contributed by atoms with Gasteiger partial charge in [-0.2, -0.15) is 0 Å². The number of nitrogens with one attached hydrogen (secondary N) is 1. The first-order chi connectivity index (χ1) is 10.9. The van der Waals surface area contributed by atoms with E-state index in [4.69, 9.17) is 9.26 Å². The number of carbonyl (C=O) groups is 1. The van der Waals surface area contributed by atoms with Gasteiger partial charge in [-0.25, -0.2) is 0 Å². The normalized spacial score (nSPS) is 13.4. The fraction of sp³-hybridized carbons (Fsp3) is 0.412. The molecule has 0 fully saturated rings. The molecule has 0 bridgehead atoms. The Labute approximate surface area is 140 Å². The van der Waals surface area contributed by atoms with Gasteiger partial charge in [0.05, 0.1) is 11.7 Å². The molecule has 1 N–H and O–H groups in total. The molecular formula is C17H22N2O3S. The number of ether oxygens (including phenoxy) is 1. The summed E-state index contributed by atoms with van der Waals surface area (Å²) in [6.45, 7) is 7.34. The fourth-order valence-corrected chi connectivity index (χ4v) is 2.83. The lowest BCUT2D eigenvalue weighted by molar-refractivity contribution is -0.127. The van der Waals surface area contributed by atoms with Crippen molar-refractivity contribution in [3.8, 4) is 5.75 Å². The lowest BCUT2D eigenvalue weighted by atomic mass is 10.1. The lowest BCUT2D eigenvalue weighted by Crippen LogP contribution is -2.38. The molecule has 2 aromatic rings. The van der Waals surface area contributed by atoms with Crippen LogP contribution in [0, 0.1) is 13.8 Å². The molecule has 0 aliphatic carbocycles. The first kappa shape index (κ1) is 17.4. The standard InChI is InChI=1S/C17H22N2O3S/c1-10(16-11(2)19-22-12(16)3)18-17(20)13(4)21-14-6-8-15(23-5)9-7-14/h6-10,13H,1-5H3,(H,18,20)/t10-,13+/m0/s1. The molecule has 1 amide bonds. The van der Waals surface area contributed by atoms with Crippen LogP contribution in [-0.4, -0.2) is 23.4 Å². The van der Waals surface area contributed by atoms with E-state index in [9.17, 15) is 4.79 Å². The van der Waals surface area contributed by atoms with Crippen molar-refractivity contribution in [2.45, 2.75) is 44.7 Å². The van der Waals surface area contributed by atoms with Crippen molar-refractivity contribution < 1.29 is 14.1 Å². The van der Waals surface area contributed by atoms with Crippen LogP contribution in [0.5, 0.6) is 5.75 Å². The van der Waals surface area contributed by atoms with Crippen molar-refractivity contribution in [2.24, 2.45) is 0 Å². The van der Waals surface area contributed by atoms with E-state index in [-0.39, 0.29) is 11.9 Å². The Bertz CT molecular complexity index is 647. The number of rotatable bonds is 6. The second-order valence-corrected chi connectivity index (χ2v) is 6.28. The van der Waals surface area contributed by atoms with Crippen molar-refractivity contribution in [3.63, 3.8) is 0 Å². The van der Waals surface area contributed by atoms with E-state index in [1.165, 1.54) is 0 Å². The summed E-state index contributed by atoms with van der Waals surface area (Å²) in [5.41, 5.74) is 1.70. The summed E-state index contributed by atoms with van der Waals surface area (Å²) in [4.78, 5) is 13.5. The average molecular weight is 334 g/mol. The predicted octanol–water partition coefficient (Wildman–Crippen LogP) is 3.66. The van der Waals surface area contributed by atoms with Gasteiger partial charge in [0.2, 0.25) is 0 Å². The molecule has 1 aromatic carbocycles. The second kappa shape index (κ2) is 7.55. The van der Waals surface area contributed by atoms with Crippen LogP contribution in [0.2, 0.25) is 0 Å². The molecule has 0 radical (unpaired) electrons. The number of amides is 1. The Morgan fingerprint density at radius 3 is 2.43 bits per heavy atom. The SMILES string of the molecule is CSc1ccc(O[C@H](C)C(=O)N[C@@H](C)c2c(C)noc2C)cc1. The van der Waals surface area contributed by atoms with Gasteiger partial charge in [-0.3, -0.25) is 4.79 Å². The van der Waals surface area contributed by atoms with E-state index >= 15 is 0 Å². The Morgan fingerprint density at radius 2 is 1.91 bits per heavy atom. The average Bonchev–Trinajstić information content (AvgIpc) is 2.86. The van der Waals surface area contributed by atoms with Gasteiger partial charge in [-0.1, -0.05) is 5.16 Å². The van der Waals surface area contributed by atoms with Crippen LogP contribution in [0.1, 0.15) is 36.9 Å². The predicted molar refractivity (Wildman–Crippen MR) is 90.8 cm³/mol. The first-order valence-corrected chi connectivity index (χ1v) is 8.68. The first-order valence-electron chi connectivity index (χ1n) is 7.46. The molecule has 0 aliphatic heterocycles. The van der Waals surface area contributed by atoms with Crippen molar-refractivity contribution in [1.82, 2.24) is 10.5 Å². The van der Waals surface area contributed by atoms with Gasteiger partial charge < -0.3 is 14.6 Å². The minimum atomic E-state index is -0.585. The van der Waals surface area contributed by atoms with E-state index in [0.29, 0.717) is 5.75 Å². The third-order valence-corrected chi connectivity index (χ3v) is 4.37. The van der Waals surface area contributed by atoms with Crippen LogP contribution in [0.25, 0.3) is 0 Å². The van der Waals surface area contributed by atoms with E-state index in [1.54, 1.807) is 18.7 Å². The topological polar surface area (TPSA) is 64.4 Å². The molecule has 124 valence electrons. The molecule has 6 heteroatoms. The highest BCUT2D eigenvalue weighted by atomic mass is 32.2. The molecule has 0 saturated carbocycles. The fourth-order valence-electron chi connectivity index (χ4n) is 2.42. The molecule has 2 atom stereocenters. The van der Waals surface area contributed by atoms with Gasteiger partial charge in [0.1, 0.15) is 11.5 Å². The molecule has 1 aromatic heterocycles. The Hall–Kier alpha value is -1.95. The van der Waals surface area contributed by atoms with Gasteiger partial charge in [-0.15, -0.1) is 11.8 Å². The van der Waals surface area contributed by atoms with Crippen molar-refractivity contribution >= 4 is 17.7 Å². The molecule has 0 aliphatic rings. The van der Waals surface area contributed by atoms with E-state index in [0.717, 1.165) is 21.9 Å². The van der Waals surface area contributed by atoms with Crippen LogP contribution in [0.4, 0.5) is 0 Å². The molecule has 5 nitrogen and oxygen atoms in total. The number of aromatic nitrogens is 1. The minimum absolute atomic E-state index is 0.175. The number of aryl methyl sites for hydroxylation is 2. The Balaban J connectivity index is 1.96. The van der Waals surface area contributed by atoms with Gasteiger partial charge in [-0.05, 0) is 58.2 Å². The van der Waals surface area contributed by atoms with Crippen molar-refractivity contribution in [2.75, 3.05) is 6.26 Å². The molecule has 0 spiro atoms. The van der Waals surface area contributed by atoms with Crippen LogP contribution in [0.3, 0.4) is 0 Å². The molecule has 23 heavy (non-hydrogen) atoms. The largest absolute Gasteiger partial charge is 0.481 e. The van der Waals surface area contributed by atoms with E-state index in [2.05, 4.69) is 10.5 Å². The zero-order valence-electron chi connectivity index (χ0n) is 14.0. The highest BCUT2D eigenvalue weighted by molar-refractivity contribution is 7.98. The zero-order chi connectivity index (χ0) is 17.0. The van der Waals surface area contributed by atoms with E-state index in [1.807, 2.05) is 51.3 Å². The summed E-state index contributed by atoms with van der Waals surface area (Å²) < 4.78 is 10.8. The van der Waals surface area contributed by atoms with Crippen molar-refractivity contribution in [3.05, 3.63) is 41.3 Å². The monoisotopic (exact) mass is 334 g/mol. The summed E-state index contributed by atoms with van der Waals surface area (Å²) in [6.07, 6.45) is 1.43. The van der Waals surface area contributed by atoms with Crippen LogP contribution in [-0.2, 0) is 4.79 Å². The summed E-state index contributed by atoms with van der Waals surface area (Å²) in [5.74, 6) is 1.22. The van der Waals surface area contributed by atoms with Crippen molar-refractivity contribution in [1.29, 1.82) is 0 Å². The van der Waals surface area contributed by atoms with Gasteiger partial charge in [0.25, 0.3) is 5.91 Å². The zero-order valence-corrected chi connectivity index (χ0v) is 14.9. The third kappa shape index (κ3) is 4.28. The van der Waals surface area contributed by atoms with Crippen LogP contribution < -0.4 is 10.1 Å². The number of carbonyl (C=O) groups excluding carboxylic acids is 1. The number of nitrogens with zero attached hydrogens (tertiary/aromatic N) is 1. The second-order valence-electron chi connectivity index (χ2n) is 5.40. The highest BCUT2D eigenvalue weighted by Gasteiger charge is 2.22. The smallest absolute Gasteiger partial charge is 0.261 e. The highest BCUT2D eigenvalue weighted by Crippen LogP contribution is 2.22. The number of thioether (sulfide) groups is 1. The Morgan fingerprint density at radius 1 is 1.26 bits per heavy atom. The van der Waals surface area contributed by atoms with Crippen LogP contribution in [0.15, 0.2) is 33.7 Å². The van der Waals surface area contributed by atoms with Gasteiger partial charge in [0, 0.05) is 10.5 Å². The lowest BCUT2D eigenvalue weighted by Gasteiger charge is -2.19. The minimum Gasteiger partial charge on any atom is -0.481 e. The number of benzene rings is 1. The number of hydrogen-bond donors (Lipinski definition) is 1. The molecule has 0 unspecified atom stereocenters. The third-order valence-electron chi connectivity index (χ3n) is 3.62. The summed E-state index contributed by atoms with van der Waals surface area (Å²) >= 11 is 1.66. The van der Waals surface area contributed by atoms with Gasteiger partial charge in [0.15, 0.2) is 6.10 Å². The summed E-state index contributed by atoms with van der Waals surface area (Å²) in [5, 5.41) is 6.85. The molecule has 2 rings (SSSR count). The molecule has 0 saturated heterocycles. The van der Waals surface area contributed by atoms with E-state index < -0.39 is 6.10 Å². The van der Waals surface area contributed by atoms with Gasteiger partial charge >= 0.3 is 0 Å². The summed E-state index contributed by atoms with van der Waals surface area (Å²) in [6, 6.07) is 7.49.